The van der Waals surface area contributed by atoms with E-state index in [1.807, 2.05) is 25.1 Å². The molecular weight excluding hydrogens is 655 g/mol. The predicted octanol–water partition coefficient (Wildman–Crippen LogP) is 6.25. The van der Waals surface area contributed by atoms with Gasteiger partial charge in [0.1, 0.15) is 5.00 Å². The summed E-state index contributed by atoms with van der Waals surface area (Å²) in [5.74, 6) is -4.25. The number of hydrogen-bond acceptors (Lipinski definition) is 9. The molecule has 0 fully saturated rings. The fourth-order valence-electron chi connectivity index (χ4n) is 5.42. The minimum Gasteiger partial charge on any atom is -0.478 e. The van der Waals surface area contributed by atoms with Crippen molar-refractivity contribution in [3.63, 3.8) is 0 Å². The number of esters is 1. The lowest BCUT2D eigenvalue weighted by Gasteiger charge is -2.27. The largest absolute Gasteiger partial charge is 0.478 e. The van der Waals surface area contributed by atoms with Crippen LogP contribution in [0.15, 0.2) is 77.7 Å². The Labute approximate surface area is 284 Å². The molecule has 4 N–H and O–H groups in total. The van der Waals surface area contributed by atoms with E-state index in [2.05, 4.69) is 27.7 Å². The number of carboxylic acid groups (broad SMARTS) is 2. The Morgan fingerprint density at radius 3 is 2.40 bits per heavy atom. The lowest BCUT2D eigenvalue weighted by Crippen LogP contribution is -2.30. The number of benzene rings is 3. The van der Waals surface area contributed by atoms with Crippen LogP contribution in [0, 0.1) is 0 Å². The molecule has 0 spiro atoms. The molecule has 1 aliphatic heterocycles. The van der Waals surface area contributed by atoms with Crippen LogP contribution in [0.2, 0.25) is 0 Å². The second kappa shape index (κ2) is 15.3. The summed E-state index contributed by atoms with van der Waals surface area (Å²) in [6.45, 7) is 4.07. The van der Waals surface area contributed by atoms with Crippen molar-refractivity contribution in [3.05, 3.63) is 111 Å². The van der Waals surface area contributed by atoms with Crippen molar-refractivity contribution in [2.45, 2.75) is 43.0 Å². The molecule has 0 radical (unpaired) electrons. The molecule has 0 saturated heterocycles. The van der Waals surface area contributed by atoms with Gasteiger partial charge in [0, 0.05) is 35.1 Å². The Balaban J connectivity index is 1.29. The highest BCUT2D eigenvalue weighted by molar-refractivity contribution is 8.00. The maximum atomic E-state index is 13.6. The van der Waals surface area contributed by atoms with Crippen molar-refractivity contribution in [2.75, 3.05) is 24.3 Å². The maximum absolute atomic E-state index is 13.6. The molecule has 3 aromatic carbocycles. The van der Waals surface area contributed by atoms with Crippen LogP contribution in [0.5, 0.6) is 0 Å². The van der Waals surface area contributed by atoms with Crippen LogP contribution in [0.1, 0.15) is 70.8 Å². The number of amides is 2. The number of anilines is 2. The van der Waals surface area contributed by atoms with E-state index >= 15 is 0 Å². The first-order valence-electron chi connectivity index (χ1n) is 15.1. The minimum atomic E-state index is -1.43. The molecule has 0 saturated carbocycles. The standard InChI is InChI=1S/C35H33N3O8S2/c1-3-27(47-23-11-7-10-22(17-23)36-30(39)24-13-12-21(33(41)42)16-26(24)34(43)44)31(40)37-32-29(35(45)46-2)25-14-15-38(19-28(25)48-32)18-20-8-5-4-6-9-20/h4-13,16-17,27H,3,14-15,18-19H2,1-2H3,(H,36,39)(H,37,40)(H,41,42)(H,43,44). The number of carbonyl (C=O) groups excluding carboxylic acids is 3. The molecule has 13 heteroatoms. The second-order valence-corrected chi connectivity index (χ2v) is 13.4. The summed E-state index contributed by atoms with van der Waals surface area (Å²) in [4.78, 5) is 66.5. The Bertz CT molecular complexity index is 1870. The third kappa shape index (κ3) is 7.93. The molecule has 0 bridgehead atoms. The number of methoxy groups -OCH3 is 1. The number of carboxylic acids is 2. The van der Waals surface area contributed by atoms with Gasteiger partial charge in [-0.3, -0.25) is 14.5 Å². The van der Waals surface area contributed by atoms with Crippen molar-refractivity contribution in [3.8, 4) is 0 Å². The minimum absolute atomic E-state index is 0.195. The van der Waals surface area contributed by atoms with Crippen molar-refractivity contribution in [1.29, 1.82) is 0 Å². The third-order valence-corrected chi connectivity index (χ3v) is 10.3. The van der Waals surface area contributed by atoms with E-state index in [1.165, 1.54) is 35.8 Å². The van der Waals surface area contributed by atoms with Gasteiger partial charge in [-0.2, -0.15) is 0 Å². The lowest BCUT2D eigenvalue weighted by atomic mass is 10.0. The highest BCUT2D eigenvalue weighted by Crippen LogP contribution is 2.39. The Hall–Kier alpha value is -4.98. The van der Waals surface area contributed by atoms with Crippen LogP contribution in [0.3, 0.4) is 0 Å². The fourth-order valence-corrected chi connectivity index (χ4v) is 7.71. The van der Waals surface area contributed by atoms with E-state index in [1.54, 1.807) is 24.3 Å². The Morgan fingerprint density at radius 1 is 0.938 bits per heavy atom. The number of rotatable bonds is 12. The Morgan fingerprint density at radius 2 is 1.71 bits per heavy atom. The zero-order valence-corrected chi connectivity index (χ0v) is 27.8. The number of aromatic carboxylic acids is 2. The van der Waals surface area contributed by atoms with Gasteiger partial charge in [0.15, 0.2) is 0 Å². The molecule has 1 unspecified atom stereocenters. The second-order valence-electron chi connectivity index (χ2n) is 11.0. The average molecular weight is 688 g/mol. The number of thiophene rings is 1. The first-order chi connectivity index (χ1) is 23.1. The summed E-state index contributed by atoms with van der Waals surface area (Å²) in [7, 11) is 1.33. The molecule has 48 heavy (non-hydrogen) atoms. The summed E-state index contributed by atoms with van der Waals surface area (Å²) >= 11 is 2.67. The summed E-state index contributed by atoms with van der Waals surface area (Å²) < 4.78 is 5.11. The number of fused-ring (bicyclic) bond motifs is 1. The van der Waals surface area contributed by atoms with Gasteiger partial charge >= 0.3 is 17.9 Å². The van der Waals surface area contributed by atoms with Crippen LogP contribution in [0.4, 0.5) is 10.7 Å². The van der Waals surface area contributed by atoms with E-state index in [0.717, 1.165) is 41.7 Å². The number of ether oxygens (including phenoxy) is 1. The summed E-state index contributed by atoms with van der Waals surface area (Å²) in [6, 6.07) is 20.2. The van der Waals surface area contributed by atoms with Gasteiger partial charge in [0.2, 0.25) is 5.91 Å². The lowest BCUT2D eigenvalue weighted by molar-refractivity contribution is -0.115. The molecule has 2 heterocycles. The van der Waals surface area contributed by atoms with E-state index < -0.39 is 34.6 Å². The van der Waals surface area contributed by atoms with E-state index in [4.69, 9.17) is 4.74 Å². The van der Waals surface area contributed by atoms with Gasteiger partial charge in [-0.15, -0.1) is 23.1 Å². The summed E-state index contributed by atoms with van der Waals surface area (Å²) in [5, 5.41) is 24.3. The number of nitrogens with zero attached hydrogens (tertiary/aromatic N) is 1. The average Bonchev–Trinajstić information content (AvgIpc) is 3.43. The smallest absolute Gasteiger partial charge is 0.341 e. The zero-order chi connectivity index (χ0) is 34.4. The van der Waals surface area contributed by atoms with E-state index in [9.17, 15) is 34.2 Å². The van der Waals surface area contributed by atoms with Crippen LogP contribution in [-0.2, 0) is 29.0 Å². The predicted molar refractivity (Wildman–Crippen MR) is 183 cm³/mol. The first kappa shape index (κ1) is 34.4. The topological polar surface area (TPSA) is 162 Å². The number of thioether (sulfide) groups is 1. The molecule has 0 aliphatic carbocycles. The molecule has 5 rings (SSSR count). The number of nitrogens with one attached hydrogen (secondary N) is 2. The van der Waals surface area contributed by atoms with Crippen LogP contribution in [0.25, 0.3) is 0 Å². The number of carbonyl (C=O) groups is 5. The van der Waals surface area contributed by atoms with Gasteiger partial charge in [0.05, 0.1) is 34.6 Å². The maximum Gasteiger partial charge on any atom is 0.341 e. The zero-order valence-electron chi connectivity index (χ0n) is 26.1. The molecule has 4 aromatic rings. The third-order valence-electron chi connectivity index (χ3n) is 7.79. The fraction of sp³-hybridized carbons (Fsp3) is 0.229. The van der Waals surface area contributed by atoms with Gasteiger partial charge in [-0.05, 0) is 60.4 Å². The van der Waals surface area contributed by atoms with Crippen LogP contribution >= 0.6 is 23.1 Å². The van der Waals surface area contributed by atoms with Crippen LogP contribution in [-0.4, -0.2) is 63.7 Å². The number of hydrogen-bond donors (Lipinski definition) is 4. The van der Waals surface area contributed by atoms with Gasteiger partial charge in [-0.1, -0.05) is 43.3 Å². The van der Waals surface area contributed by atoms with Gasteiger partial charge < -0.3 is 25.6 Å². The summed E-state index contributed by atoms with van der Waals surface area (Å²) in [5.41, 5.74) is 1.97. The molecule has 1 aromatic heterocycles. The molecule has 248 valence electrons. The van der Waals surface area contributed by atoms with Crippen molar-refractivity contribution in [1.82, 2.24) is 4.90 Å². The molecular formula is C35H33N3O8S2. The van der Waals surface area contributed by atoms with Crippen molar-refractivity contribution < 1.29 is 38.9 Å². The normalized spacial score (nSPS) is 13.2. The van der Waals surface area contributed by atoms with Crippen molar-refractivity contribution >= 4 is 63.5 Å². The highest BCUT2D eigenvalue weighted by atomic mass is 32.2. The molecule has 11 nitrogen and oxygen atoms in total. The van der Waals surface area contributed by atoms with Gasteiger partial charge in [0.25, 0.3) is 5.91 Å². The molecule has 1 aliphatic rings. The van der Waals surface area contributed by atoms with Gasteiger partial charge in [-0.25, -0.2) is 14.4 Å². The summed E-state index contributed by atoms with van der Waals surface area (Å²) in [6.07, 6.45) is 1.12. The molecule has 2 amide bonds. The van der Waals surface area contributed by atoms with E-state index in [0.29, 0.717) is 40.5 Å². The quantitative estimate of drug-likeness (QED) is 0.0989. The monoisotopic (exact) mass is 687 g/mol. The Kier molecular flexibility index (Phi) is 10.9. The van der Waals surface area contributed by atoms with Crippen molar-refractivity contribution in [2.24, 2.45) is 0 Å². The molecule has 1 atom stereocenters. The van der Waals surface area contributed by atoms with Crippen LogP contribution < -0.4 is 10.6 Å². The van der Waals surface area contributed by atoms with E-state index in [-0.39, 0.29) is 17.0 Å². The first-order valence-corrected chi connectivity index (χ1v) is 16.8. The highest BCUT2D eigenvalue weighted by Gasteiger charge is 2.31. The SMILES string of the molecule is CCC(Sc1cccc(NC(=O)c2ccc(C(=O)O)cc2C(=O)O)c1)C(=O)Nc1sc2c(c1C(=O)OC)CCN(Cc1ccccc1)C2.